The van der Waals surface area contributed by atoms with Gasteiger partial charge in [-0.15, -0.1) is 0 Å². The molecule has 0 heterocycles. The average Bonchev–Trinajstić information content (AvgIpc) is 2.40. The van der Waals surface area contributed by atoms with Gasteiger partial charge in [-0.05, 0) is 31.0 Å². The molecule has 100 valence electrons. The minimum absolute atomic E-state index is 0.0593. The highest BCUT2D eigenvalue weighted by atomic mass is 16.5. The Bertz CT molecular complexity index is 510. The molecule has 3 N–H and O–H groups in total. The first-order valence-electron chi connectivity index (χ1n) is 6.35. The second kappa shape index (κ2) is 6.37. The first kappa shape index (κ1) is 13.6. The molecule has 1 fully saturated rings. The Morgan fingerprint density at radius 2 is 2.32 bits per heavy atom. The molecule has 1 amide bonds. The van der Waals surface area contributed by atoms with Crippen LogP contribution in [0.1, 0.15) is 28.8 Å². The molecule has 0 aromatic heterocycles. The lowest BCUT2D eigenvalue weighted by atomic mass is 9.89. The lowest BCUT2D eigenvalue weighted by Crippen LogP contribution is -2.47. The van der Waals surface area contributed by atoms with Gasteiger partial charge in [-0.2, -0.15) is 0 Å². The molecule has 1 aliphatic rings. The minimum atomic E-state index is -0.0593. The second-order valence-electron chi connectivity index (χ2n) is 4.59. The number of hydrogen-bond acceptors (Lipinski definition) is 3. The number of carbonyl (C=O) groups excluding carboxylic acids is 1. The van der Waals surface area contributed by atoms with Crippen molar-refractivity contribution in [2.45, 2.75) is 25.0 Å². The number of hydrogen-bond donors (Lipinski definition) is 2. The van der Waals surface area contributed by atoms with E-state index in [0.29, 0.717) is 12.1 Å². The Kier molecular flexibility index (Phi) is 4.56. The third-order valence-electron chi connectivity index (χ3n) is 3.22. The third kappa shape index (κ3) is 3.57. The van der Waals surface area contributed by atoms with E-state index in [4.69, 9.17) is 10.5 Å². The summed E-state index contributed by atoms with van der Waals surface area (Å²) in [5.74, 6) is 5.64. The van der Waals surface area contributed by atoms with Gasteiger partial charge in [-0.3, -0.25) is 4.79 Å². The first-order chi connectivity index (χ1) is 9.22. The van der Waals surface area contributed by atoms with Crippen molar-refractivity contribution in [3.63, 3.8) is 0 Å². The fraction of sp³-hybridized carbons (Fsp3) is 0.400. The number of benzene rings is 1. The second-order valence-corrected chi connectivity index (χ2v) is 4.59. The van der Waals surface area contributed by atoms with E-state index in [1.54, 1.807) is 19.2 Å². The molecule has 4 nitrogen and oxygen atoms in total. The summed E-state index contributed by atoms with van der Waals surface area (Å²) >= 11 is 0. The van der Waals surface area contributed by atoms with E-state index in [1.807, 2.05) is 12.1 Å². The molecular weight excluding hydrogens is 240 g/mol. The number of ether oxygens (including phenoxy) is 1. The van der Waals surface area contributed by atoms with Crippen molar-refractivity contribution in [3.05, 3.63) is 35.4 Å². The molecule has 1 saturated carbocycles. The lowest BCUT2D eigenvalue weighted by Gasteiger charge is -2.34. The van der Waals surface area contributed by atoms with Gasteiger partial charge in [0.1, 0.15) is 0 Å². The zero-order valence-electron chi connectivity index (χ0n) is 11.0. The molecule has 19 heavy (non-hydrogen) atoms. The fourth-order valence-electron chi connectivity index (χ4n) is 2.04. The van der Waals surface area contributed by atoms with Crippen LogP contribution in [0.3, 0.4) is 0 Å². The summed E-state index contributed by atoms with van der Waals surface area (Å²) in [6.45, 7) is 0.316. The van der Waals surface area contributed by atoms with Crippen molar-refractivity contribution in [1.29, 1.82) is 0 Å². The van der Waals surface area contributed by atoms with Crippen molar-refractivity contribution in [1.82, 2.24) is 5.32 Å². The Morgan fingerprint density at radius 1 is 1.53 bits per heavy atom. The number of nitrogens with two attached hydrogens (primary N) is 1. The maximum atomic E-state index is 12.0. The molecule has 2 rings (SSSR count). The van der Waals surface area contributed by atoms with Crippen LogP contribution in [0.25, 0.3) is 0 Å². The Hall–Kier alpha value is -1.83. The van der Waals surface area contributed by atoms with Crippen molar-refractivity contribution < 1.29 is 9.53 Å². The smallest absolute Gasteiger partial charge is 0.251 e. The van der Waals surface area contributed by atoms with Gasteiger partial charge in [0.2, 0.25) is 0 Å². The standard InChI is InChI=1S/C15H18N2O2/c1-19-14-9-13(10-14)17-15(18)12-6-2-4-11(8-12)5-3-7-16/h2,4,6,8,13-14H,7,9-10,16H2,1H3,(H,17,18). The molecular formula is C15H18N2O2. The van der Waals surface area contributed by atoms with E-state index in [2.05, 4.69) is 17.2 Å². The SMILES string of the molecule is COC1CC(NC(=O)c2cccc(C#CCN)c2)C1. The largest absolute Gasteiger partial charge is 0.381 e. The summed E-state index contributed by atoms with van der Waals surface area (Å²) in [5, 5.41) is 2.99. The fourth-order valence-corrected chi connectivity index (χ4v) is 2.04. The predicted molar refractivity (Wildman–Crippen MR) is 73.7 cm³/mol. The maximum Gasteiger partial charge on any atom is 0.251 e. The van der Waals surface area contributed by atoms with Crippen LogP contribution >= 0.6 is 0 Å². The maximum absolute atomic E-state index is 12.0. The van der Waals surface area contributed by atoms with Gasteiger partial charge in [0.15, 0.2) is 0 Å². The van der Waals surface area contributed by atoms with Crippen molar-refractivity contribution >= 4 is 5.91 Å². The van der Waals surface area contributed by atoms with Crippen LogP contribution < -0.4 is 11.1 Å². The molecule has 0 bridgehead atoms. The summed E-state index contributed by atoms with van der Waals surface area (Å²) in [7, 11) is 1.70. The quantitative estimate of drug-likeness (QED) is 0.792. The molecule has 0 unspecified atom stereocenters. The highest BCUT2D eigenvalue weighted by Crippen LogP contribution is 2.22. The number of methoxy groups -OCH3 is 1. The number of amides is 1. The number of rotatable bonds is 3. The Morgan fingerprint density at radius 3 is 3.00 bits per heavy atom. The van der Waals surface area contributed by atoms with E-state index in [1.165, 1.54) is 0 Å². The normalized spacial score (nSPS) is 20.9. The zero-order chi connectivity index (χ0) is 13.7. The highest BCUT2D eigenvalue weighted by molar-refractivity contribution is 5.94. The van der Waals surface area contributed by atoms with Gasteiger partial charge >= 0.3 is 0 Å². The zero-order valence-corrected chi connectivity index (χ0v) is 11.0. The molecule has 1 aromatic rings. The van der Waals surface area contributed by atoms with Gasteiger partial charge in [-0.25, -0.2) is 0 Å². The van der Waals surface area contributed by atoms with Gasteiger partial charge in [-0.1, -0.05) is 17.9 Å². The van der Waals surface area contributed by atoms with Crippen molar-refractivity contribution in [2.75, 3.05) is 13.7 Å². The topological polar surface area (TPSA) is 64.3 Å². The molecule has 1 aromatic carbocycles. The summed E-state index contributed by atoms with van der Waals surface area (Å²) in [6.07, 6.45) is 2.05. The van der Waals surface area contributed by atoms with Crippen LogP contribution in [-0.4, -0.2) is 31.7 Å². The van der Waals surface area contributed by atoms with Crippen LogP contribution in [0.5, 0.6) is 0 Å². The summed E-state index contributed by atoms with van der Waals surface area (Å²) in [5.41, 5.74) is 6.76. The van der Waals surface area contributed by atoms with E-state index < -0.39 is 0 Å². The van der Waals surface area contributed by atoms with E-state index >= 15 is 0 Å². The molecule has 0 spiro atoms. The van der Waals surface area contributed by atoms with Gasteiger partial charge in [0.25, 0.3) is 5.91 Å². The molecule has 0 radical (unpaired) electrons. The molecule has 0 atom stereocenters. The lowest BCUT2D eigenvalue weighted by molar-refractivity contribution is 0.0176. The Balaban J connectivity index is 1.95. The van der Waals surface area contributed by atoms with Crippen LogP contribution in [0.4, 0.5) is 0 Å². The Labute approximate surface area is 113 Å². The van der Waals surface area contributed by atoms with Crippen LogP contribution in [0.2, 0.25) is 0 Å². The minimum Gasteiger partial charge on any atom is -0.381 e. The van der Waals surface area contributed by atoms with Gasteiger partial charge in [0.05, 0.1) is 12.6 Å². The first-order valence-corrected chi connectivity index (χ1v) is 6.35. The van der Waals surface area contributed by atoms with E-state index in [9.17, 15) is 4.79 Å². The number of carbonyl (C=O) groups is 1. The summed E-state index contributed by atoms with van der Waals surface area (Å²) < 4.78 is 5.19. The van der Waals surface area contributed by atoms with Crippen molar-refractivity contribution in [3.8, 4) is 11.8 Å². The van der Waals surface area contributed by atoms with E-state index in [-0.39, 0.29) is 18.1 Å². The van der Waals surface area contributed by atoms with Gasteiger partial charge in [0, 0.05) is 24.3 Å². The highest BCUT2D eigenvalue weighted by Gasteiger charge is 2.30. The molecule has 1 aliphatic carbocycles. The van der Waals surface area contributed by atoms with Crippen LogP contribution in [0, 0.1) is 11.8 Å². The van der Waals surface area contributed by atoms with Crippen LogP contribution in [-0.2, 0) is 4.74 Å². The van der Waals surface area contributed by atoms with E-state index in [0.717, 1.165) is 18.4 Å². The number of nitrogens with one attached hydrogen (secondary N) is 1. The summed E-state index contributed by atoms with van der Waals surface area (Å²) in [4.78, 5) is 12.0. The molecule has 0 saturated heterocycles. The van der Waals surface area contributed by atoms with Gasteiger partial charge < -0.3 is 15.8 Å². The third-order valence-corrected chi connectivity index (χ3v) is 3.22. The predicted octanol–water partition coefficient (Wildman–Crippen LogP) is 0.904. The monoisotopic (exact) mass is 258 g/mol. The summed E-state index contributed by atoms with van der Waals surface area (Å²) in [6, 6.07) is 7.48. The molecule has 4 heteroatoms. The average molecular weight is 258 g/mol. The van der Waals surface area contributed by atoms with Crippen molar-refractivity contribution in [2.24, 2.45) is 5.73 Å². The van der Waals surface area contributed by atoms with Crippen LogP contribution in [0.15, 0.2) is 24.3 Å². The molecule has 0 aliphatic heterocycles.